The van der Waals surface area contributed by atoms with Crippen LogP contribution in [0.5, 0.6) is 0 Å². The Morgan fingerprint density at radius 1 is 1.69 bits per heavy atom. The van der Waals surface area contributed by atoms with Crippen LogP contribution >= 0.6 is 11.6 Å². The van der Waals surface area contributed by atoms with Crippen molar-refractivity contribution in [3.63, 3.8) is 0 Å². The highest BCUT2D eigenvalue weighted by atomic mass is 35.5. The molecule has 0 fully saturated rings. The molecule has 1 heterocycles. The van der Waals surface area contributed by atoms with Crippen LogP contribution in [-0.2, 0) is 4.79 Å². The molecular weight excluding hydrogens is 230 g/mol. The Bertz CT molecular complexity index is 487. The van der Waals surface area contributed by atoms with Crippen LogP contribution < -0.4 is 5.32 Å². The van der Waals surface area contributed by atoms with Gasteiger partial charge in [0.05, 0.1) is 5.69 Å². The summed E-state index contributed by atoms with van der Waals surface area (Å²) in [6.07, 6.45) is 1.47. The SMILES string of the molecule is C/C(O)=C(\C#N)C(=O)Nc1cccnc1Cl. The number of pyridine rings is 1. The van der Waals surface area contributed by atoms with E-state index in [1.807, 2.05) is 0 Å². The van der Waals surface area contributed by atoms with Gasteiger partial charge in [0.2, 0.25) is 0 Å². The number of rotatable bonds is 2. The first-order chi connectivity index (χ1) is 7.56. The molecule has 1 aromatic rings. The Balaban J connectivity index is 2.93. The number of carbonyl (C=O) groups excluding carboxylic acids is 1. The number of carbonyl (C=O) groups is 1. The van der Waals surface area contributed by atoms with Gasteiger partial charge in [0.1, 0.15) is 11.8 Å². The van der Waals surface area contributed by atoms with E-state index < -0.39 is 5.91 Å². The number of aromatic nitrogens is 1. The fraction of sp³-hybridized carbons (Fsp3) is 0.100. The topological polar surface area (TPSA) is 86.0 Å². The summed E-state index contributed by atoms with van der Waals surface area (Å²) in [7, 11) is 0. The molecule has 2 N–H and O–H groups in total. The normalized spacial score (nSPS) is 11.3. The van der Waals surface area contributed by atoms with E-state index in [0.717, 1.165) is 0 Å². The molecule has 0 saturated heterocycles. The van der Waals surface area contributed by atoms with Gasteiger partial charge < -0.3 is 10.4 Å². The van der Waals surface area contributed by atoms with Gasteiger partial charge in [-0.3, -0.25) is 4.79 Å². The number of aliphatic hydroxyl groups excluding tert-OH is 1. The molecule has 6 heteroatoms. The van der Waals surface area contributed by atoms with Crippen molar-refractivity contribution >= 4 is 23.2 Å². The zero-order valence-corrected chi connectivity index (χ0v) is 9.12. The van der Waals surface area contributed by atoms with Crippen LogP contribution in [0.1, 0.15) is 6.92 Å². The quantitative estimate of drug-likeness (QED) is 0.357. The monoisotopic (exact) mass is 237 g/mol. The van der Waals surface area contributed by atoms with Gasteiger partial charge in [0.25, 0.3) is 5.91 Å². The molecule has 0 saturated carbocycles. The predicted molar refractivity (Wildman–Crippen MR) is 58.8 cm³/mol. The van der Waals surface area contributed by atoms with E-state index in [1.54, 1.807) is 12.1 Å². The first-order valence-corrected chi connectivity index (χ1v) is 4.66. The maximum absolute atomic E-state index is 11.5. The Hall–Kier alpha value is -2.06. The predicted octanol–water partition coefficient (Wildman–Crippen LogP) is 2.03. The molecule has 0 radical (unpaired) electrons. The lowest BCUT2D eigenvalue weighted by molar-refractivity contribution is -0.112. The molecule has 1 aromatic heterocycles. The maximum atomic E-state index is 11.5. The molecule has 16 heavy (non-hydrogen) atoms. The van der Waals surface area contributed by atoms with Crippen molar-refractivity contribution in [1.29, 1.82) is 5.26 Å². The largest absolute Gasteiger partial charge is 0.511 e. The van der Waals surface area contributed by atoms with Gasteiger partial charge in [-0.15, -0.1) is 0 Å². The fourth-order valence-electron chi connectivity index (χ4n) is 0.960. The highest BCUT2D eigenvalue weighted by Gasteiger charge is 2.14. The van der Waals surface area contributed by atoms with E-state index in [1.165, 1.54) is 19.2 Å². The number of halogens is 1. The van der Waals surface area contributed by atoms with Crippen molar-refractivity contribution in [3.8, 4) is 6.07 Å². The van der Waals surface area contributed by atoms with Crippen molar-refractivity contribution in [2.75, 3.05) is 5.32 Å². The van der Waals surface area contributed by atoms with Gasteiger partial charge in [-0.05, 0) is 19.1 Å². The minimum atomic E-state index is -0.725. The number of hydrogen-bond donors (Lipinski definition) is 2. The third-order valence-electron chi connectivity index (χ3n) is 1.71. The van der Waals surface area contributed by atoms with Crippen molar-refractivity contribution in [1.82, 2.24) is 4.98 Å². The summed E-state index contributed by atoms with van der Waals surface area (Å²) >= 11 is 5.71. The minimum absolute atomic E-state index is 0.115. The van der Waals surface area contributed by atoms with Crippen LogP contribution in [0, 0.1) is 11.3 Å². The second kappa shape index (κ2) is 5.14. The number of amides is 1. The second-order valence-electron chi connectivity index (χ2n) is 2.87. The molecule has 0 aromatic carbocycles. The summed E-state index contributed by atoms with van der Waals surface area (Å²) in [5, 5.41) is 20.2. The smallest absolute Gasteiger partial charge is 0.269 e. The third-order valence-corrected chi connectivity index (χ3v) is 2.01. The summed E-state index contributed by atoms with van der Waals surface area (Å²) < 4.78 is 0. The van der Waals surface area contributed by atoms with E-state index in [0.29, 0.717) is 0 Å². The molecule has 0 atom stereocenters. The van der Waals surface area contributed by atoms with Gasteiger partial charge in [0.15, 0.2) is 10.7 Å². The Morgan fingerprint density at radius 3 is 2.88 bits per heavy atom. The molecule has 5 nitrogen and oxygen atoms in total. The first-order valence-electron chi connectivity index (χ1n) is 4.28. The van der Waals surface area contributed by atoms with Crippen LogP contribution in [0.25, 0.3) is 0 Å². The van der Waals surface area contributed by atoms with Crippen LogP contribution in [0.3, 0.4) is 0 Å². The third kappa shape index (κ3) is 2.72. The van der Waals surface area contributed by atoms with Crippen LogP contribution in [0.4, 0.5) is 5.69 Å². The van der Waals surface area contributed by atoms with Gasteiger partial charge in [0, 0.05) is 6.20 Å². The lowest BCUT2D eigenvalue weighted by Crippen LogP contribution is -2.15. The number of allylic oxidation sites excluding steroid dienone is 1. The highest BCUT2D eigenvalue weighted by Crippen LogP contribution is 2.18. The molecule has 0 aliphatic rings. The molecule has 1 rings (SSSR count). The molecule has 0 bridgehead atoms. The maximum Gasteiger partial charge on any atom is 0.269 e. The number of anilines is 1. The van der Waals surface area contributed by atoms with E-state index >= 15 is 0 Å². The number of nitriles is 1. The van der Waals surface area contributed by atoms with E-state index in [4.69, 9.17) is 22.0 Å². The van der Waals surface area contributed by atoms with Gasteiger partial charge >= 0.3 is 0 Å². The highest BCUT2D eigenvalue weighted by molar-refractivity contribution is 6.32. The molecule has 0 spiro atoms. The Labute approximate surface area is 97.0 Å². The zero-order chi connectivity index (χ0) is 12.1. The second-order valence-corrected chi connectivity index (χ2v) is 3.23. The summed E-state index contributed by atoms with van der Waals surface area (Å²) in [6.45, 7) is 1.25. The average Bonchev–Trinajstić information content (AvgIpc) is 2.22. The molecule has 0 aliphatic carbocycles. The standard InChI is InChI=1S/C10H8ClN3O2/c1-6(15)7(5-12)10(16)14-8-3-2-4-13-9(8)11/h2-4,15H,1H3,(H,14,16)/b7-6-. The van der Waals surface area contributed by atoms with Gasteiger partial charge in [-0.25, -0.2) is 4.98 Å². The number of hydrogen-bond acceptors (Lipinski definition) is 4. The molecular formula is C10H8ClN3O2. The minimum Gasteiger partial charge on any atom is -0.511 e. The van der Waals surface area contributed by atoms with Crippen LogP contribution in [-0.4, -0.2) is 16.0 Å². The lowest BCUT2D eigenvalue weighted by atomic mass is 10.2. The van der Waals surface area contributed by atoms with E-state index in [-0.39, 0.29) is 22.2 Å². The lowest BCUT2D eigenvalue weighted by Gasteiger charge is -2.05. The number of aliphatic hydroxyl groups is 1. The zero-order valence-electron chi connectivity index (χ0n) is 8.36. The molecule has 82 valence electrons. The number of nitrogens with one attached hydrogen (secondary N) is 1. The summed E-state index contributed by atoms with van der Waals surface area (Å²) in [5.41, 5.74) is -0.0805. The number of nitrogens with zero attached hydrogens (tertiary/aromatic N) is 2. The Morgan fingerprint density at radius 2 is 2.38 bits per heavy atom. The van der Waals surface area contributed by atoms with E-state index in [9.17, 15) is 4.79 Å². The first kappa shape index (κ1) is 12.0. The van der Waals surface area contributed by atoms with Crippen LogP contribution in [0.15, 0.2) is 29.7 Å². The van der Waals surface area contributed by atoms with Crippen molar-refractivity contribution in [3.05, 3.63) is 34.8 Å². The molecule has 0 aliphatic heterocycles. The molecule has 0 unspecified atom stereocenters. The Kier molecular flexibility index (Phi) is 3.86. The van der Waals surface area contributed by atoms with Gasteiger partial charge in [-0.2, -0.15) is 5.26 Å². The average molecular weight is 238 g/mol. The summed E-state index contributed by atoms with van der Waals surface area (Å²) in [6, 6.07) is 4.72. The summed E-state index contributed by atoms with van der Waals surface area (Å²) in [4.78, 5) is 15.3. The summed E-state index contributed by atoms with van der Waals surface area (Å²) in [5.74, 6) is -1.07. The van der Waals surface area contributed by atoms with Crippen molar-refractivity contribution in [2.45, 2.75) is 6.92 Å². The van der Waals surface area contributed by atoms with Crippen molar-refractivity contribution < 1.29 is 9.90 Å². The van der Waals surface area contributed by atoms with Crippen LogP contribution in [0.2, 0.25) is 5.15 Å². The van der Waals surface area contributed by atoms with Gasteiger partial charge in [-0.1, -0.05) is 11.6 Å². The van der Waals surface area contributed by atoms with Crippen molar-refractivity contribution in [2.24, 2.45) is 0 Å². The van der Waals surface area contributed by atoms with E-state index in [2.05, 4.69) is 10.3 Å². The molecule has 1 amide bonds. The fourth-order valence-corrected chi connectivity index (χ4v) is 1.13.